The summed E-state index contributed by atoms with van der Waals surface area (Å²) < 4.78 is 35.1. The Bertz CT molecular complexity index is 1110. The monoisotopic (exact) mass is 513 g/mol. The largest absolute Gasteiger partial charge is 0.493 e. The summed E-state index contributed by atoms with van der Waals surface area (Å²) in [4.78, 5) is 29.0. The second kappa shape index (κ2) is 11.6. The van der Waals surface area contributed by atoms with E-state index in [9.17, 15) is 14.0 Å². The Morgan fingerprint density at radius 3 is 2.43 bits per heavy atom. The lowest BCUT2D eigenvalue weighted by Gasteiger charge is -2.34. The number of ether oxygens (including phenoxy) is 1. The molecule has 1 unspecified atom stereocenters. The highest BCUT2D eigenvalue weighted by molar-refractivity contribution is 6.02. The highest BCUT2D eigenvalue weighted by atomic mass is 19.1. The fourth-order valence-electron chi connectivity index (χ4n) is 5.39. The maximum Gasteiger partial charge on any atom is 0.255 e. The number of carbonyl (C=O) groups excluding carboxylic acids is 2. The Hall–Kier alpha value is -3.00. The molecule has 1 atom stereocenters. The smallest absolute Gasteiger partial charge is 0.255 e. The van der Waals surface area contributed by atoms with Crippen molar-refractivity contribution in [2.75, 3.05) is 32.8 Å². The van der Waals surface area contributed by atoms with Crippen LogP contribution in [0.2, 0.25) is 0 Å². The van der Waals surface area contributed by atoms with E-state index in [1.807, 2.05) is 0 Å². The molecule has 2 aromatic rings. The molecule has 0 radical (unpaired) electrons. The van der Waals surface area contributed by atoms with Crippen molar-refractivity contribution in [1.82, 2.24) is 9.80 Å². The van der Waals surface area contributed by atoms with E-state index in [0.29, 0.717) is 54.5 Å². The molecule has 0 aliphatic carbocycles. The first-order chi connectivity index (χ1) is 17.6. The summed E-state index contributed by atoms with van der Waals surface area (Å²) in [6.45, 7) is 6.20. The molecule has 2 aliphatic heterocycles. The molecule has 2 N–H and O–H groups in total. The Balaban J connectivity index is 1.43. The van der Waals surface area contributed by atoms with Gasteiger partial charge in [-0.05, 0) is 88.7 Å². The first-order valence-corrected chi connectivity index (χ1v) is 13.2. The lowest BCUT2D eigenvalue weighted by atomic mass is 9.95. The molecular weight excluding hydrogens is 476 g/mol. The van der Waals surface area contributed by atoms with Gasteiger partial charge in [-0.1, -0.05) is 18.2 Å². The number of benzene rings is 2. The number of primary amides is 1. The van der Waals surface area contributed by atoms with Gasteiger partial charge in [0.15, 0.2) is 0 Å². The molecule has 2 aromatic carbocycles. The van der Waals surface area contributed by atoms with Gasteiger partial charge in [-0.2, -0.15) is 0 Å². The van der Waals surface area contributed by atoms with Crippen molar-refractivity contribution in [2.45, 2.75) is 57.7 Å². The summed E-state index contributed by atoms with van der Waals surface area (Å²) in [5.41, 5.74) is 5.45. The summed E-state index contributed by atoms with van der Waals surface area (Å²) >= 11 is 0. The minimum absolute atomic E-state index is 0.297. The summed E-state index contributed by atoms with van der Waals surface area (Å²) in [6, 6.07) is 10.9. The number of likely N-dealkylation sites (tertiary alicyclic amines) is 2. The predicted molar refractivity (Wildman–Crippen MR) is 140 cm³/mol. The maximum absolute atomic E-state index is 15.3. The van der Waals surface area contributed by atoms with Crippen LogP contribution >= 0.6 is 0 Å². The predicted octanol–water partition coefficient (Wildman–Crippen LogP) is 4.81. The van der Waals surface area contributed by atoms with Gasteiger partial charge >= 0.3 is 0 Å². The number of hydrogen-bond acceptors (Lipinski definition) is 4. The molecule has 2 fully saturated rings. The Kier molecular flexibility index (Phi) is 8.47. The van der Waals surface area contributed by atoms with Crippen LogP contribution in [0.3, 0.4) is 0 Å². The number of amides is 2. The van der Waals surface area contributed by atoms with Gasteiger partial charge in [0.25, 0.3) is 5.91 Å². The fourth-order valence-corrected chi connectivity index (χ4v) is 5.39. The average Bonchev–Trinajstić information content (AvgIpc) is 2.87. The van der Waals surface area contributed by atoms with Crippen molar-refractivity contribution in [1.29, 1.82) is 0 Å². The Labute approximate surface area is 217 Å². The van der Waals surface area contributed by atoms with E-state index in [1.54, 1.807) is 50.2 Å². The molecule has 8 heteroatoms. The normalized spacial score (nSPS) is 19.6. The third-order valence-electron chi connectivity index (χ3n) is 7.27. The fraction of sp³-hybridized carbons (Fsp3) is 0.517. The molecule has 2 amide bonds. The molecular formula is C29H37F2N3O3. The Morgan fingerprint density at radius 2 is 1.76 bits per heavy atom. The quantitative estimate of drug-likeness (QED) is 0.550. The molecule has 0 spiro atoms. The van der Waals surface area contributed by atoms with Gasteiger partial charge in [0, 0.05) is 30.3 Å². The molecule has 2 aliphatic rings. The molecule has 37 heavy (non-hydrogen) atoms. The SMILES string of the molecule is CC(C)(F)CN1CCC(COc2ccc(-c3ccccc3C(=O)N3CCCCC3C(N)=O)c(F)c2)CC1. The van der Waals surface area contributed by atoms with Crippen LogP contribution < -0.4 is 10.5 Å². The number of carbonyl (C=O) groups is 2. The lowest BCUT2D eigenvalue weighted by molar-refractivity contribution is -0.123. The summed E-state index contributed by atoms with van der Waals surface area (Å²) in [6.07, 6.45) is 4.00. The van der Waals surface area contributed by atoms with Crippen molar-refractivity contribution < 1.29 is 23.1 Å². The number of nitrogens with zero attached hydrogens (tertiary/aromatic N) is 2. The van der Waals surface area contributed by atoms with E-state index < -0.39 is 23.4 Å². The van der Waals surface area contributed by atoms with Gasteiger partial charge in [-0.3, -0.25) is 9.59 Å². The van der Waals surface area contributed by atoms with Crippen LogP contribution in [-0.4, -0.2) is 66.1 Å². The van der Waals surface area contributed by atoms with E-state index in [2.05, 4.69) is 4.90 Å². The molecule has 0 bridgehead atoms. The standard InChI is InChI=1S/C29H37F2N3O3/c1-29(2,31)19-33-15-12-20(13-16-33)18-37-21-10-11-23(25(30)17-21)22-7-3-4-8-24(22)28(36)34-14-6-5-9-26(34)27(32)35/h3-4,7-8,10-11,17,20,26H,5-6,9,12-16,18-19H2,1-2H3,(H2,32,35). The minimum atomic E-state index is -1.21. The maximum atomic E-state index is 15.3. The highest BCUT2D eigenvalue weighted by Crippen LogP contribution is 2.31. The third-order valence-corrected chi connectivity index (χ3v) is 7.27. The molecule has 2 saturated heterocycles. The van der Waals surface area contributed by atoms with E-state index in [1.165, 1.54) is 11.0 Å². The van der Waals surface area contributed by atoms with Gasteiger partial charge < -0.3 is 20.3 Å². The first-order valence-electron chi connectivity index (χ1n) is 13.2. The van der Waals surface area contributed by atoms with Crippen LogP contribution in [0.4, 0.5) is 8.78 Å². The topological polar surface area (TPSA) is 75.9 Å². The van der Waals surface area contributed by atoms with Crippen molar-refractivity contribution in [2.24, 2.45) is 11.7 Å². The molecule has 0 aromatic heterocycles. The molecule has 200 valence electrons. The lowest BCUT2D eigenvalue weighted by Crippen LogP contribution is -2.50. The van der Waals surface area contributed by atoms with Crippen molar-refractivity contribution >= 4 is 11.8 Å². The van der Waals surface area contributed by atoms with Crippen LogP contribution in [-0.2, 0) is 4.79 Å². The van der Waals surface area contributed by atoms with Gasteiger partial charge in [0.2, 0.25) is 5.91 Å². The van der Waals surface area contributed by atoms with Crippen molar-refractivity contribution in [3.8, 4) is 16.9 Å². The van der Waals surface area contributed by atoms with Gasteiger partial charge in [-0.25, -0.2) is 8.78 Å². The number of piperidine rings is 2. The Morgan fingerprint density at radius 1 is 1.03 bits per heavy atom. The van der Waals surface area contributed by atoms with Gasteiger partial charge in [-0.15, -0.1) is 0 Å². The second-order valence-corrected chi connectivity index (χ2v) is 10.8. The van der Waals surface area contributed by atoms with Crippen LogP contribution in [0, 0.1) is 11.7 Å². The molecule has 6 nitrogen and oxygen atoms in total. The van der Waals surface area contributed by atoms with E-state index in [-0.39, 0.29) is 5.91 Å². The van der Waals surface area contributed by atoms with Crippen LogP contribution in [0.5, 0.6) is 5.75 Å². The summed E-state index contributed by atoms with van der Waals surface area (Å²) in [7, 11) is 0. The zero-order valence-electron chi connectivity index (χ0n) is 21.7. The molecule has 2 heterocycles. The van der Waals surface area contributed by atoms with E-state index >= 15 is 4.39 Å². The number of alkyl halides is 1. The first kappa shape index (κ1) is 27.0. The zero-order valence-corrected chi connectivity index (χ0v) is 21.7. The number of hydrogen-bond donors (Lipinski definition) is 1. The summed E-state index contributed by atoms with van der Waals surface area (Å²) in [5, 5.41) is 0. The zero-order chi connectivity index (χ0) is 26.6. The van der Waals surface area contributed by atoms with Gasteiger partial charge in [0.05, 0.1) is 6.61 Å². The van der Waals surface area contributed by atoms with Crippen molar-refractivity contribution in [3.63, 3.8) is 0 Å². The van der Waals surface area contributed by atoms with E-state index in [4.69, 9.17) is 10.5 Å². The number of nitrogens with two attached hydrogens (primary N) is 1. The highest BCUT2D eigenvalue weighted by Gasteiger charge is 2.32. The molecule has 0 saturated carbocycles. The van der Waals surface area contributed by atoms with E-state index in [0.717, 1.165) is 38.8 Å². The number of halogens is 2. The van der Waals surface area contributed by atoms with Crippen LogP contribution in [0.1, 0.15) is 56.3 Å². The number of rotatable bonds is 8. The van der Waals surface area contributed by atoms with Gasteiger partial charge in [0.1, 0.15) is 23.3 Å². The average molecular weight is 514 g/mol. The second-order valence-electron chi connectivity index (χ2n) is 10.8. The summed E-state index contributed by atoms with van der Waals surface area (Å²) in [5.74, 6) is -0.552. The molecule has 4 rings (SSSR count). The minimum Gasteiger partial charge on any atom is -0.493 e. The van der Waals surface area contributed by atoms with Crippen molar-refractivity contribution in [3.05, 3.63) is 53.8 Å². The van der Waals surface area contributed by atoms with Crippen LogP contribution in [0.25, 0.3) is 11.1 Å². The van der Waals surface area contributed by atoms with Crippen LogP contribution in [0.15, 0.2) is 42.5 Å². The third kappa shape index (κ3) is 6.86.